The Morgan fingerprint density at radius 3 is 1.16 bits per heavy atom. The number of rotatable bonds is 3. The molecule has 0 bridgehead atoms. The molecule has 3 heteroatoms. The first-order valence-electron chi connectivity index (χ1n) is 46.7. The maximum Gasteiger partial charge on any atom is 0.145 e. The predicted octanol–water partition coefficient (Wildman–Crippen LogP) is 29.0. The molecule has 0 N–H and O–H groups in total. The Morgan fingerprint density at radius 1 is 0.267 bits per heavy atom. The van der Waals surface area contributed by atoms with Gasteiger partial charge in [0.2, 0.25) is 0 Å². The normalized spacial score (nSPS) is 18.9. The molecule has 0 saturated carbocycles. The molecule has 0 fully saturated rings. The molecule has 1 nitrogen and oxygen atoms in total. The van der Waals surface area contributed by atoms with Gasteiger partial charge in [-0.2, -0.15) is 0 Å². The molecule has 20 rings (SSSR count). The van der Waals surface area contributed by atoms with Crippen LogP contribution >= 0.6 is 0 Å². The van der Waals surface area contributed by atoms with Crippen molar-refractivity contribution < 1.29 is 16.4 Å². The Hall–Kier alpha value is -11.2. The van der Waals surface area contributed by atoms with Gasteiger partial charge in [0.25, 0.3) is 0 Å². The molecule has 0 radical (unpaired) electrons. The van der Waals surface area contributed by atoms with E-state index in [1.807, 2.05) is 219 Å². The first-order valence-corrected chi connectivity index (χ1v) is 47.2. The SMILES string of the molecule is C[Si](C)(C)C.C[Si](c1ccccc1)(c1ccccc1)c1ccccc1.Cc1ccc2cc(C)ccc2c1.Cc1cccc2c3ccccc3n(C)c12.[2H]C([2H])([2H])C1(C)c2ccccc2-c2c(C)cccc21.[2H]C([2H])([2H])C1(C)c2ccccc2-c2cc(C)ccc21.[2H]C([2H])([2H])C1(C)c2ccccc2-c2ccc(C)cc21.[2H]C([2H])([2H])C1(C)c2ccccc2-c2cccc(C)c21. The van der Waals surface area contributed by atoms with Gasteiger partial charge in [-0.1, -0.05) is 444 Å². The van der Waals surface area contributed by atoms with Crippen molar-refractivity contribution in [2.75, 3.05) is 0 Å². The zero-order valence-corrected chi connectivity index (χ0v) is 72.8. The third-order valence-electron chi connectivity index (χ3n) is 23.3. The van der Waals surface area contributed by atoms with E-state index in [1.165, 1.54) is 64.8 Å². The molecule has 16 aromatic rings. The Balaban J connectivity index is 0.000000127. The number of aromatic nitrogens is 1. The lowest BCUT2D eigenvalue weighted by Crippen LogP contribution is -2.64. The number of aryl methyl sites for hydroxylation is 8. The third kappa shape index (κ3) is 16.8. The molecule has 0 spiro atoms. The zero-order valence-electron chi connectivity index (χ0n) is 82.8. The van der Waals surface area contributed by atoms with Crippen molar-refractivity contribution in [1.29, 1.82) is 0 Å². The van der Waals surface area contributed by atoms with E-state index in [9.17, 15) is 0 Å². The molecule has 1 heterocycles. The maximum absolute atomic E-state index is 8.02. The quantitative estimate of drug-likeness (QED) is 0.123. The Labute approximate surface area is 713 Å². The molecule has 15 aromatic carbocycles. The van der Waals surface area contributed by atoms with Crippen LogP contribution in [0.25, 0.3) is 77.1 Å². The van der Waals surface area contributed by atoms with Crippen molar-refractivity contribution in [3.63, 3.8) is 0 Å². The fourth-order valence-electron chi connectivity index (χ4n) is 17.5. The van der Waals surface area contributed by atoms with Crippen LogP contribution in [0, 0.1) is 48.5 Å². The first-order chi connectivity index (χ1) is 60.3. The summed E-state index contributed by atoms with van der Waals surface area (Å²) in [6, 6.07) is 116. The molecule has 4 aliphatic carbocycles. The molecule has 4 unspecified atom stereocenters. The van der Waals surface area contributed by atoms with Crippen LogP contribution in [0.3, 0.4) is 0 Å². The summed E-state index contributed by atoms with van der Waals surface area (Å²) in [5.74, 6) is 0. The highest BCUT2D eigenvalue weighted by Crippen LogP contribution is 2.53. The Bertz CT molecular complexity index is 6520. The second-order valence-corrected chi connectivity index (χ2v) is 44.4. The van der Waals surface area contributed by atoms with Crippen LogP contribution in [0.1, 0.15) is 155 Å². The van der Waals surface area contributed by atoms with Crippen molar-refractivity contribution >= 4 is 64.3 Å². The number of benzene rings is 15. The summed E-state index contributed by atoms with van der Waals surface area (Å²) in [7, 11) is -0.352. The van der Waals surface area contributed by atoms with E-state index >= 15 is 0 Å². The number of nitrogens with zero attached hydrogens (tertiary/aromatic N) is 1. The standard InChI is InChI=1S/C19H18Si.4C16H16.C14H13N.C12H12.C4H12Si/c1-20(17-11-5-2-6-12-17,18-13-7-3-8-14-18)19-15-9-4-10-16-19;1-11-7-6-9-13-12-8-4-5-10-14(12)16(2,3)15(11)13;1-11-7-6-10-14-15(11)12-8-4-5-9-13(12)16(14,2)3;1-11-8-9-15-13(10-11)12-6-4-5-7-14(12)16(15,2)3;1-11-8-9-13-12-6-4-5-7-14(12)16(2,3)15(13)10-11;1-10-6-5-8-12-11-7-3-4-9-13(11)15(2)14(10)12;1-9-3-5-12-8-10(2)4-6-11(12)7-9;1-5(2,3)4/h2-16H,1H3;4*4-10H,1-3H3;3-9H,1-2H3;3-8H,1-2H3;1-4H3/i;4*2D3;;;. The van der Waals surface area contributed by atoms with Crippen molar-refractivity contribution in [2.45, 2.75) is 158 Å². The second kappa shape index (κ2) is 33.9. The van der Waals surface area contributed by atoms with E-state index in [2.05, 4.69) is 241 Å². The van der Waals surface area contributed by atoms with Crippen LogP contribution in [0.5, 0.6) is 0 Å². The van der Waals surface area contributed by atoms with Crippen LogP contribution in [0.15, 0.2) is 340 Å². The fourth-order valence-corrected chi connectivity index (χ4v) is 21.1. The summed E-state index contributed by atoms with van der Waals surface area (Å²) in [5, 5.41) is 9.74. The smallest absolute Gasteiger partial charge is 0.145 e. The van der Waals surface area contributed by atoms with E-state index in [0.29, 0.717) is 0 Å². The van der Waals surface area contributed by atoms with Gasteiger partial charge in [-0.25, -0.2) is 0 Å². The van der Waals surface area contributed by atoms with Crippen LogP contribution in [-0.2, 0) is 28.7 Å². The van der Waals surface area contributed by atoms with E-state index in [-0.39, 0.29) is 0 Å². The number of hydrogen-bond acceptors (Lipinski definition) is 0. The molecule has 1 aromatic heterocycles. The van der Waals surface area contributed by atoms with Crippen LogP contribution in [0.2, 0.25) is 32.7 Å². The third-order valence-corrected chi connectivity index (χ3v) is 27.8. The summed E-state index contributed by atoms with van der Waals surface area (Å²) in [5.41, 5.74) is 23.3. The predicted molar refractivity (Wildman–Crippen MR) is 513 cm³/mol. The van der Waals surface area contributed by atoms with Gasteiger partial charge in [-0.3, -0.25) is 0 Å². The van der Waals surface area contributed by atoms with Crippen LogP contribution < -0.4 is 15.6 Å². The Morgan fingerprint density at radius 2 is 0.612 bits per heavy atom. The molecule has 0 aliphatic heterocycles. The van der Waals surface area contributed by atoms with Crippen molar-refractivity contribution in [3.8, 4) is 44.5 Å². The molecular weight excluding hydrogens is 1430 g/mol. The largest absolute Gasteiger partial charge is 0.343 e. The fraction of sp³-hybridized carbons (Fsp3) is 0.221. The molecule has 0 saturated heterocycles. The number of hydrogen-bond donors (Lipinski definition) is 0. The maximum atomic E-state index is 8.02. The van der Waals surface area contributed by atoms with Gasteiger partial charge in [0.1, 0.15) is 8.07 Å². The second-order valence-electron chi connectivity index (χ2n) is 34.4. The highest BCUT2D eigenvalue weighted by Gasteiger charge is 2.39. The van der Waals surface area contributed by atoms with Crippen molar-refractivity contribution in [3.05, 3.63) is 423 Å². The van der Waals surface area contributed by atoms with Crippen LogP contribution in [-0.4, -0.2) is 20.7 Å². The van der Waals surface area contributed by atoms with Gasteiger partial charge in [0, 0.05) is 69.5 Å². The van der Waals surface area contributed by atoms with Crippen molar-refractivity contribution in [2.24, 2.45) is 7.05 Å². The molecule has 584 valence electrons. The molecule has 4 atom stereocenters. The van der Waals surface area contributed by atoms with Gasteiger partial charge < -0.3 is 4.57 Å². The topological polar surface area (TPSA) is 4.93 Å². The van der Waals surface area contributed by atoms with E-state index in [0.717, 1.165) is 111 Å². The molecule has 4 aliphatic rings. The molecule has 0 amide bonds. The Kier molecular flexibility index (Phi) is 19.9. The number of fused-ring (bicyclic) bond motifs is 16. The van der Waals surface area contributed by atoms with Crippen LogP contribution in [0.4, 0.5) is 0 Å². The minimum absolute atomic E-state index is 0.611. The van der Waals surface area contributed by atoms with Gasteiger partial charge in [-0.05, 0) is 187 Å². The summed E-state index contributed by atoms with van der Waals surface area (Å²) in [4.78, 5) is 0. The van der Waals surface area contributed by atoms with E-state index in [1.54, 1.807) is 0 Å². The lowest BCUT2D eigenvalue weighted by molar-refractivity contribution is 0.655. The minimum Gasteiger partial charge on any atom is -0.343 e. The highest BCUT2D eigenvalue weighted by molar-refractivity contribution is 7.10. The highest BCUT2D eigenvalue weighted by atomic mass is 28.3. The lowest BCUT2D eigenvalue weighted by Gasteiger charge is -2.29. The number of para-hydroxylation sites is 2. The zero-order chi connectivity index (χ0) is 92.7. The molecular formula is C113H119NSi2. The summed E-state index contributed by atoms with van der Waals surface area (Å²) < 4.78 is 98.2. The van der Waals surface area contributed by atoms with E-state index in [4.69, 9.17) is 16.4 Å². The average Bonchev–Trinajstić information content (AvgIpc) is 1.57. The van der Waals surface area contributed by atoms with Crippen molar-refractivity contribution in [1.82, 2.24) is 4.57 Å². The van der Waals surface area contributed by atoms with Gasteiger partial charge in [0.05, 0.1) is 5.52 Å². The summed E-state index contributed by atoms with van der Waals surface area (Å²) >= 11 is 0. The minimum atomic E-state index is -2.06. The monoisotopic (exact) mass is 1560 g/mol. The summed E-state index contributed by atoms with van der Waals surface area (Å²) in [6.45, 7) is 25.4. The van der Waals surface area contributed by atoms with Gasteiger partial charge in [0.15, 0.2) is 0 Å². The average molecular weight is 1560 g/mol. The van der Waals surface area contributed by atoms with E-state index < -0.39 is 65.2 Å². The lowest BCUT2D eigenvalue weighted by atomic mass is 9.80. The summed E-state index contributed by atoms with van der Waals surface area (Å²) in [6.07, 6.45) is 0. The first kappa shape index (κ1) is 68.1. The molecule has 116 heavy (non-hydrogen) atoms. The van der Waals surface area contributed by atoms with Gasteiger partial charge >= 0.3 is 0 Å². The van der Waals surface area contributed by atoms with Gasteiger partial charge in [-0.15, -0.1) is 0 Å².